The van der Waals surface area contributed by atoms with Crippen molar-refractivity contribution in [1.29, 1.82) is 0 Å². The minimum atomic E-state index is -0.521. The van der Waals surface area contributed by atoms with Gasteiger partial charge in [0.05, 0.1) is 11.1 Å². The molecule has 0 saturated heterocycles. The lowest BCUT2D eigenvalue weighted by atomic mass is 9.97. The summed E-state index contributed by atoms with van der Waals surface area (Å²) in [6, 6.07) is 15.3. The van der Waals surface area contributed by atoms with E-state index in [-0.39, 0.29) is 17.8 Å². The van der Waals surface area contributed by atoms with Crippen molar-refractivity contribution >= 4 is 33.1 Å². The number of fused-ring (bicyclic) bond motifs is 3. The third-order valence-corrected chi connectivity index (χ3v) is 6.74. The molecule has 31 heavy (non-hydrogen) atoms. The summed E-state index contributed by atoms with van der Waals surface area (Å²) in [5.74, 6) is -0.554. The number of aromatic nitrogens is 2. The van der Waals surface area contributed by atoms with Crippen LogP contribution >= 0.6 is 11.3 Å². The molecule has 2 aromatic carbocycles. The van der Waals surface area contributed by atoms with Crippen molar-refractivity contribution in [3.8, 4) is 11.4 Å². The molecule has 2 aromatic heterocycles. The number of hydrogen-bond donors (Lipinski definition) is 1. The number of rotatable bonds is 4. The number of carbonyl (C=O) groups is 1. The molecule has 7 heteroatoms. The molecule has 1 aliphatic rings. The second-order valence-electron chi connectivity index (χ2n) is 7.61. The van der Waals surface area contributed by atoms with Gasteiger partial charge in [0.1, 0.15) is 23.0 Å². The van der Waals surface area contributed by atoms with Crippen LogP contribution in [0.4, 0.5) is 10.1 Å². The molecule has 156 valence electrons. The third kappa shape index (κ3) is 3.65. The van der Waals surface area contributed by atoms with Crippen molar-refractivity contribution in [3.05, 3.63) is 81.2 Å². The molecule has 5 nitrogen and oxygen atoms in total. The maximum absolute atomic E-state index is 14.0. The summed E-state index contributed by atoms with van der Waals surface area (Å²) in [6.45, 7) is -0.245. The van der Waals surface area contributed by atoms with Gasteiger partial charge >= 0.3 is 0 Å². The van der Waals surface area contributed by atoms with Crippen LogP contribution in [0, 0.1) is 5.82 Å². The molecule has 1 amide bonds. The number of benzene rings is 2. The van der Waals surface area contributed by atoms with Gasteiger partial charge in [-0.3, -0.25) is 14.2 Å². The third-order valence-electron chi connectivity index (χ3n) is 5.56. The number of nitrogens with one attached hydrogen (secondary N) is 1. The lowest BCUT2D eigenvalue weighted by Gasteiger charge is -2.14. The lowest BCUT2D eigenvalue weighted by molar-refractivity contribution is -0.116. The molecule has 0 fully saturated rings. The minimum Gasteiger partial charge on any atom is -0.322 e. The highest BCUT2D eigenvalue weighted by atomic mass is 32.1. The molecular weight excluding hydrogens is 413 g/mol. The summed E-state index contributed by atoms with van der Waals surface area (Å²) in [4.78, 5) is 33.1. The standard InChI is InChI=1S/C24H20FN3O2S/c25-17-11-5-6-12-18(17)26-20(29)14-28-22(15-8-2-1-3-9-15)27-23-21(24(28)30)16-10-4-7-13-19(16)31-23/h1-3,5-6,8-9,11-12H,4,7,10,13-14H2,(H,26,29). The van der Waals surface area contributed by atoms with Gasteiger partial charge < -0.3 is 5.32 Å². The maximum atomic E-state index is 14.0. The highest BCUT2D eigenvalue weighted by Crippen LogP contribution is 2.34. The predicted octanol–water partition coefficient (Wildman–Crippen LogP) is 4.78. The van der Waals surface area contributed by atoms with E-state index in [0.29, 0.717) is 11.2 Å². The van der Waals surface area contributed by atoms with Crippen LogP contribution in [0.5, 0.6) is 0 Å². The van der Waals surface area contributed by atoms with Gasteiger partial charge in [-0.1, -0.05) is 42.5 Å². The van der Waals surface area contributed by atoms with E-state index in [1.807, 2.05) is 30.3 Å². The second-order valence-corrected chi connectivity index (χ2v) is 8.70. The molecule has 0 bridgehead atoms. The first kappa shape index (κ1) is 19.6. The van der Waals surface area contributed by atoms with Gasteiger partial charge in [-0.2, -0.15) is 0 Å². The van der Waals surface area contributed by atoms with Gasteiger partial charge in [-0.05, 0) is 43.4 Å². The van der Waals surface area contributed by atoms with Crippen LogP contribution in [-0.4, -0.2) is 15.5 Å². The fraction of sp³-hybridized carbons (Fsp3) is 0.208. The SMILES string of the molecule is O=C(Cn1c(-c2ccccc2)nc2sc3c(c2c1=O)CCCC3)Nc1ccccc1F. The van der Waals surface area contributed by atoms with Crippen LogP contribution in [0.2, 0.25) is 0 Å². The molecule has 2 heterocycles. The zero-order chi connectivity index (χ0) is 21.4. The Morgan fingerprint density at radius 3 is 2.61 bits per heavy atom. The Bertz CT molecular complexity index is 1340. The number of amides is 1. The van der Waals surface area contributed by atoms with Gasteiger partial charge in [0, 0.05) is 10.4 Å². The fourth-order valence-corrected chi connectivity index (χ4v) is 5.34. The topological polar surface area (TPSA) is 64.0 Å². The molecule has 0 unspecified atom stereocenters. The van der Waals surface area contributed by atoms with Gasteiger partial charge in [-0.25, -0.2) is 9.37 Å². The number of halogens is 1. The quantitative estimate of drug-likeness (QED) is 0.504. The van der Waals surface area contributed by atoms with Gasteiger partial charge in [-0.15, -0.1) is 11.3 Å². The lowest BCUT2D eigenvalue weighted by Crippen LogP contribution is -2.30. The first-order valence-electron chi connectivity index (χ1n) is 10.3. The first-order valence-corrected chi connectivity index (χ1v) is 11.1. The van der Waals surface area contributed by atoms with Crippen LogP contribution in [0.1, 0.15) is 23.3 Å². The molecule has 1 N–H and O–H groups in total. The molecule has 1 aliphatic carbocycles. The van der Waals surface area contributed by atoms with Crippen LogP contribution in [0.3, 0.4) is 0 Å². The Morgan fingerprint density at radius 1 is 1.06 bits per heavy atom. The number of carbonyl (C=O) groups excluding carboxylic acids is 1. The fourth-order valence-electron chi connectivity index (χ4n) is 4.09. The van der Waals surface area contributed by atoms with Crippen molar-refractivity contribution in [2.45, 2.75) is 32.2 Å². The Balaban J connectivity index is 1.62. The normalized spacial score (nSPS) is 13.2. The highest BCUT2D eigenvalue weighted by Gasteiger charge is 2.23. The number of hydrogen-bond acceptors (Lipinski definition) is 4. The number of thiophene rings is 1. The average Bonchev–Trinajstić information content (AvgIpc) is 3.16. The molecule has 0 spiro atoms. The summed E-state index contributed by atoms with van der Waals surface area (Å²) in [5, 5.41) is 3.19. The number of nitrogens with zero attached hydrogens (tertiary/aromatic N) is 2. The summed E-state index contributed by atoms with van der Waals surface area (Å²) in [6.07, 6.45) is 3.99. The largest absolute Gasteiger partial charge is 0.322 e. The molecule has 0 saturated carbocycles. The zero-order valence-corrected chi connectivity index (χ0v) is 17.5. The summed E-state index contributed by atoms with van der Waals surface area (Å²) in [5.41, 5.74) is 1.70. The minimum absolute atomic E-state index is 0.0868. The molecule has 0 aliphatic heterocycles. The number of aryl methyl sites for hydroxylation is 2. The van der Waals surface area contributed by atoms with Crippen LogP contribution < -0.4 is 10.9 Å². The van der Waals surface area contributed by atoms with E-state index in [2.05, 4.69) is 5.32 Å². The van der Waals surface area contributed by atoms with E-state index < -0.39 is 11.7 Å². The second kappa shape index (κ2) is 8.07. The van der Waals surface area contributed by atoms with E-state index in [1.54, 1.807) is 23.5 Å². The van der Waals surface area contributed by atoms with Crippen LogP contribution in [-0.2, 0) is 24.2 Å². The van der Waals surface area contributed by atoms with E-state index in [0.717, 1.165) is 41.6 Å². The van der Waals surface area contributed by atoms with Crippen molar-refractivity contribution in [3.63, 3.8) is 0 Å². The predicted molar refractivity (Wildman–Crippen MR) is 121 cm³/mol. The van der Waals surface area contributed by atoms with Gasteiger partial charge in [0.2, 0.25) is 5.91 Å². The van der Waals surface area contributed by atoms with E-state index in [9.17, 15) is 14.0 Å². The average molecular weight is 434 g/mol. The Kier molecular flexibility index (Phi) is 5.11. The maximum Gasteiger partial charge on any atom is 0.263 e. The summed E-state index contributed by atoms with van der Waals surface area (Å²) in [7, 11) is 0. The van der Waals surface area contributed by atoms with Crippen molar-refractivity contribution < 1.29 is 9.18 Å². The van der Waals surface area contributed by atoms with Gasteiger partial charge in [0.15, 0.2) is 0 Å². The van der Waals surface area contributed by atoms with Crippen LogP contribution in [0.15, 0.2) is 59.4 Å². The van der Waals surface area contributed by atoms with Crippen molar-refractivity contribution in [2.75, 3.05) is 5.32 Å². The number of para-hydroxylation sites is 1. The summed E-state index contributed by atoms with van der Waals surface area (Å²) >= 11 is 1.58. The van der Waals surface area contributed by atoms with E-state index in [4.69, 9.17) is 4.98 Å². The van der Waals surface area contributed by atoms with Crippen molar-refractivity contribution in [2.24, 2.45) is 0 Å². The molecular formula is C24H20FN3O2S. The molecule has 0 radical (unpaired) electrons. The number of anilines is 1. The Hall–Kier alpha value is -3.32. The monoisotopic (exact) mass is 433 g/mol. The Labute approximate surface area is 182 Å². The first-order chi connectivity index (χ1) is 15.1. The smallest absolute Gasteiger partial charge is 0.263 e. The van der Waals surface area contributed by atoms with Crippen molar-refractivity contribution in [1.82, 2.24) is 9.55 Å². The molecule has 4 aromatic rings. The van der Waals surface area contributed by atoms with E-state index in [1.165, 1.54) is 21.6 Å². The molecule has 0 atom stereocenters. The van der Waals surface area contributed by atoms with Crippen LogP contribution in [0.25, 0.3) is 21.6 Å². The Morgan fingerprint density at radius 2 is 1.81 bits per heavy atom. The van der Waals surface area contributed by atoms with Gasteiger partial charge in [0.25, 0.3) is 5.56 Å². The van der Waals surface area contributed by atoms with E-state index >= 15 is 0 Å². The molecule has 5 rings (SSSR count). The highest BCUT2D eigenvalue weighted by molar-refractivity contribution is 7.18. The zero-order valence-electron chi connectivity index (χ0n) is 16.7. The summed E-state index contributed by atoms with van der Waals surface area (Å²) < 4.78 is 15.4.